The highest BCUT2D eigenvalue weighted by Crippen LogP contribution is 2.25. The first-order valence-corrected chi connectivity index (χ1v) is 9.59. The van der Waals surface area contributed by atoms with Crippen molar-refractivity contribution in [2.75, 3.05) is 38.6 Å². The van der Waals surface area contributed by atoms with Crippen LogP contribution in [0.4, 0.5) is 10.5 Å². The Labute approximate surface area is 168 Å². The summed E-state index contributed by atoms with van der Waals surface area (Å²) >= 11 is 6.04. The van der Waals surface area contributed by atoms with Crippen molar-refractivity contribution >= 4 is 34.3 Å². The lowest BCUT2D eigenvalue weighted by Crippen LogP contribution is -2.49. The highest BCUT2D eigenvalue weighted by molar-refractivity contribution is 6.31. The van der Waals surface area contributed by atoms with Gasteiger partial charge in [0.05, 0.1) is 19.3 Å². The Balaban J connectivity index is 1.33. The smallest absolute Gasteiger partial charge is 0.322 e. The molecule has 2 amide bonds. The van der Waals surface area contributed by atoms with Crippen molar-refractivity contribution < 1.29 is 13.9 Å². The minimum absolute atomic E-state index is 0.109. The van der Waals surface area contributed by atoms with E-state index in [1.807, 2.05) is 53.4 Å². The van der Waals surface area contributed by atoms with E-state index in [0.717, 1.165) is 29.8 Å². The number of halogens is 1. The Morgan fingerprint density at radius 2 is 1.93 bits per heavy atom. The molecule has 6 nitrogen and oxygen atoms in total. The molecule has 0 atom stereocenters. The molecule has 0 saturated carbocycles. The monoisotopic (exact) mass is 399 g/mol. The standard InChI is InChI=1S/C21H22ClN3O3/c1-27-20-5-3-2-4-18(20)23-21(26)25-10-8-24(9-11-25)14-17-13-15-12-16(22)6-7-19(15)28-17/h2-7,12-13H,8-11,14H2,1H3,(H,23,26). The predicted octanol–water partition coefficient (Wildman–Crippen LogP) is 4.44. The van der Waals surface area contributed by atoms with E-state index in [2.05, 4.69) is 10.2 Å². The third-order valence-electron chi connectivity index (χ3n) is 4.92. The van der Waals surface area contributed by atoms with E-state index in [-0.39, 0.29) is 6.03 Å². The van der Waals surface area contributed by atoms with Crippen molar-refractivity contribution in [1.29, 1.82) is 0 Å². The third-order valence-corrected chi connectivity index (χ3v) is 5.15. The quantitative estimate of drug-likeness (QED) is 0.704. The molecule has 0 radical (unpaired) electrons. The Hall–Kier alpha value is -2.70. The molecule has 1 N–H and O–H groups in total. The van der Waals surface area contributed by atoms with Crippen LogP contribution in [0.25, 0.3) is 11.0 Å². The van der Waals surface area contributed by atoms with Gasteiger partial charge in [-0.05, 0) is 36.4 Å². The SMILES string of the molecule is COc1ccccc1NC(=O)N1CCN(Cc2cc3cc(Cl)ccc3o2)CC1. The van der Waals surface area contributed by atoms with Crippen molar-refractivity contribution in [3.05, 3.63) is 59.3 Å². The Kier molecular flexibility index (Phi) is 5.41. The summed E-state index contributed by atoms with van der Waals surface area (Å²) in [5, 5.41) is 4.65. The maximum atomic E-state index is 12.6. The minimum Gasteiger partial charge on any atom is -0.495 e. The molecule has 7 heteroatoms. The van der Waals surface area contributed by atoms with E-state index in [1.165, 1.54) is 0 Å². The number of para-hydroxylation sites is 2. The van der Waals surface area contributed by atoms with Gasteiger partial charge in [-0.1, -0.05) is 23.7 Å². The van der Waals surface area contributed by atoms with Crippen LogP contribution in [0.15, 0.2) is 52.9 Å². The molecule has 3 aromatic rings. The Morgan fingerprint density at radius 1 is 1.14 bits per heavy atom. The lowest BCUT2D eigenvalue weighted by atomic mass is 10.2. The van der Waals surface area contributed by atoms with E-state index < -0.39 is 0 Å². The number of ether oxygens (including phenoxy) is 1. The molecule has 1 saturated heterocycles. The number of fused-ring (bicyclic) bond motifs is 1. The van der Waals surface area contributed by atoms with Crippen LogP contribution in [0.3, 0.4) is 0 Å². The van der Waals surface area contributed by atoms with Gasteiger partial charge in [-0.25, -0.2) is 4.79 Å². The fourth-order valence-corrected chi connectivity index (χ4v) is 3.60. The van der Waals surface area contributed by atoms with Gasteiger partial charge in [0.2, 0.25) is 0 Å². The average Bonchev–Trinajstić information content (AvgIpc) is 3.10. The van der Waals surface area contributed by atoms with Gasteiger partial charge in [0.25, 0.3) is 0 Å². The van der Waals surface area contributed by atoms with Crippen molar-refractivity contribution in [1.82, 2.24) is 9.80 Å². The zero-order valence-electron chi connectivity index (χ0n) is 15.7. The summed E-state index contributed by atoms with van der Waals surface area (Å²) < 4.78 is 11.2. The molecular formula is C21H22ClN3O3. The van der Waals surface area contributed by atoms with E-state index in [0.29, 0.717) is 36.1 Å². The van der Waals surface area contributed by atoms with Gasteiger partial charge >= 0.3 is 6.03 Å². The summed E-state index contributed by atoms with van der Waals surface area (Å²) in [7, 11) is 1.59. The topological polar surface area (TPSA) is 58.0 Å². The van der Waals surface area contributed by atoms with E-state index in [9.17, 15) is 4.79 Å². The molecule has 1 aromatic heterocycles. The summed E-state index contributed by atoms with van der Waals surface area (Å²) in [4.78, 5) is 16.7. The Bertz CT molecular complexity index is 980. The van der Waals surface area contributed by atoms with E-state index in [4.69, 9.17) is 20.8 Å². The van der Waals surface area contributed by atoms with Crippen LogP contribution >= 0.6 is 11.6 Å². The van der Waals surface area contributed by atoms with Gasteiger partial charge in [-0.3, -0.25) is 4.90 Å². The van der Waals surface area contributed by atoms with Gasteiger partial charge in [0.15, 0.2) is 0 Å². The van der Waals surface area contributed by atoms with Gasteiger partial charge in [-0.2, -0.15) is 0 Å². The number of furan rings is 1. The fraction of sp³-hybridized carbons (Fsp3) is 0.286. The molecule has 2 aromatic carbocycles. The second kappa shape index (κ2) is 8.12. The lowest BCUT2D eigenvalue weighted by Gasteiger charge is -2.34. The largest absolute Gasteiger partial charge is 0.495 e. The first kappa shape index (κ1) is 18.7. The van der Waals surface area contributed by atoms with Crippen molar-refractivity contribution in [2.45, 2.75) is 6.54 Å². The number of piperazine rings is 1. The maximum absolute atomic E-state index is 12.6. The average molecular weight is 400 g/mol. The number of rotatable bonds is 4. The second-order valence-electron chi connectivity index (χ2n) is 6.79. The number of nitrogens with zero attached hydrogens (tertiary/aromatic N) is 2. The number of anilines is 1. The number of nitrogens with one attached hydrogen (secondary N) is 1. The number of carbonyl (C=O) groups is 1. The zero-order valence-corrected chi connectivity index (χ0v) is 16.4. The summed E-state index contributed by atoms with van der Waals surface area (Å²) in [5.74, 6) is 1.56. The molecule has 0 spiro atoms. The van der Waals surface area contributed by atoms with Gasteiger partial charge in [0, 0.05) is 36.6 Å². The molecule has 0 unspecified atom stereocenters. The molecule has 1 aliphatic rings. The van der Waals surface area contributed by atoms with Crippen LogP contribution in [0.5, 0.6) is 5.75 Å². The molecule has 0 bridgehead atoms. The molecule has 1 aliphatic heterocycles. The number of hydrogen-bond acceptors (Lipinski definition) is 4. The minimum atomic E-state index is -0.109. The summed E-state index contributed by atoms with van der Waals surface area (Å²) in [6, 6.07) is 15.0. The lowest BCUT2D eigenvalue weighted by molar-refractivity contribution is 0.137. The number of hydrogen-bond donors (Lipinski definition) is 1. The molecule has 28 heavy (non-hydrogen) atoms. The first-order valence-electron chi connectivity index (χ1n) is 9.21. The van der Waals surface area contributed by atoms with Crippen LogP contribution in [0, 0.1) is 0 Å². The van der Waals surface area contributed by atoms with Crippen LogP contribution in [-0.2, 0) is 6.54 Å². The molecule has 4 rings (SSSR count). The Morgan fingerprint density at radius 3 is 2.71 bits per heavy atom. The summed E-state index contributed by atoms with van der Waals surface area (Å²) in [6.07, 6.45) is 0. The van der Waals surface area contributed by atoms with Gasteiger partial charge in [0.1, 0.15) is 17.1 Å². The van der Waals surface area contributed by atoms with Crippen molar-refractivity contribution in [3.8, 4) is 5.75 Å². The van der Waals surface area contributed by atoms with Crippen LogP contribution < -0.4 is 10.1 Å². The number of carbonyl (C=O) groups excluding carboxylic acids is 1. The number of methoxy groups -OCH3 is 1. The van der Waals surface area contributed by atoms with Gasteiger partial charge < -0.3 is 19.4 Å². The van der Waals surface area contributed by atoms with E-state index in [1.54, 1.807) is 7.11 Å². The number of urea groups is 1. The second-order valence-corrected chi connectivity index (χ2v) is 7.22. The maximum Gasteiger partial charge on any atom is 0.322 e. The van der Waals surface area contributed by atoms with Crippen LogP contribution in [0.2, 0.25) is 5.02 Å². The van der Waals surface area contributed by atoms with Crippen molar-refractivity contribution in [3.63, 3.8) is 0 Å². The first-order chi connectivity index (χ1) is 13.6. The molecule has 2 heterocycles. The van der Waals surface area contributed by atoms with E-state index >= 15 is 0 Å². The number of benzene rings is 2. The fourth-order valence-electron chi connectivity index (χ4n) is 3.42. The van der Waals surface area contributed by atoms with Crippen LogP contribution in [-0.4, -0.2) is 49.1 Å². The summed E-state index contributed by atoms with van der Waals surface area (Å²) in [5.41, 5.74) is 1.52. The third kappa shape index (κ3) is 4.08. The predicted molar refractivity (Wildman–Crippen MR) is 110 cm³/mol. The van der Waals surface area contributed by atoms with Gasteiger partial charge in [-0.15, -0.1) is 0 Å². The normalized spacial score (nSPS) is 15.0. The highest BCUT2D eigenvalue weighted by Gasteiger charge is 2.22. The molecule has 0 aliphatic carbocycles. The van der Waals surface area contributed by atoms with Crippen molar-refractivity contribution in [2.24, 2.45) is 0 Å². The number of amides is 2. The van der Waals surface area contributed by atoms with Crippen LogP contribution in [0.1, 0.15) is 5.76 Å². The highest BCUT2D eigenvalue weighted by atomic mass is 35.5. The molecule has 1 fully saturated rings. The molecule has 146 valence electrons. The summed E-state index contributed by atoms with van der Waals surface area (Å²) in [6.45, 7) is 3.61. The zero-order chi connectivity index (χ0) is 19.5. The molecular weight excluding hydrogens is 378 g/mol.